The highest BCUT2D eigenvalue weighted by molar-refractivity contribution is 7.91. The standard InChI is InChI=1S/C15H15FN2O5S/c1-17-14(19)15(20)18-9-13(12-3-2-8-23-12)24(21,22)11-6-4-10(16)5-7-11/h2-8,13H,9H2,1H3,(H,17,19)(H,18,20)/t13-/m0/s1. The van der Waals surface area contributed by atoms with Gasteiger partial charge in [-0.25, -0.2) is 12.8 Å². The number of likely N-dealkylation sites (N-methyl/N-ethyl adjacent to an activating group) is 1. The monoisotopic (exact) mass is 354 g/mol. The molecule has 128 valence electrons. The molecule has 1 aromatic carbocycles. The van der Waals surface area contributed by atoms with Gasteiger partial charge in [-0.1, -0.05) is 0 Å². The molecule has 0 unspecified atom stereocenters. The van der Waals surface area contributed by atoms with Crippen LogP contribution in [0.15, 0.2) is 52.0 Å². The van der Waals surface area contributed by atoms with Gasteiger partial charge in [-0.05, 0) is 36.4 Å². The lowest BCUT2D eigenvalue weighted by molar-refractivity contribution is -0.138. The first-order valence-electron chi connectivity index (χ1n) is 6.89. The molecule has 0 aliphatic heterocycles. The fourth-order valence-corrected chi connectivity index (χ4v) is 3.59. The number of nitrogens with one attached hydrogen (secondary N) is 2. The van der Waals surface area contributed by atoms with Crippen LogP contribution in [0.3, 0.4) is 0 Å². The van der Waals surface area contributed by atoms with E-state index in [-0.39, 0.29) is 17.2 Å². The molecule has 0 spiro atoms. The third kappa shape index (κ3) is 3.80. The van der Waals surface area contributed by atoms with Crippen LogP contribution in [0.5, 0.6) is 0 Å². The SMILES string of the molecule is CNC(=O)C(=O)NC[C@@H](c1ccco1)S(=O)(=O)c1ccc(F)cc1. The molecule has 2 aromatic rings. The van der Waals surface area contributed by atoms with Crippen molar-refractivity contribution in [3.8, 4) is 0 Å². The van der Waals surface area contributed by atoms with Crippen LogP contribution in [0.25, 0.3) is 0 Å². The topological polar surface area (TPSA) is 105 Å². The normalized spacial score (nSPS) is 12.4. The minimum atomic E-state index is -3.98. The fraction of sp³-hybridized carbons (Fsp3) is 0.200. The summed E-state index contributed by atoms with van der Waals surface area (Å²) in [5, 5.41) is 3.12. The largest absolute Gasteiger partial charge is 0.468 e. The second kappa shape index (κ2) is 7.26. The van der Waals surface area contributed by atoms with Crippen molar-refractivity contribution in [2.24, 2.45) is 0 Å². The molecule has 0 fully saturated rings. The second-order valence-corrected chi connectivity index (χ2v) is 6.92. The quantitative estimate of drug-likeness (QED) is 0.610. The van der Waals surface area contributed by atoms with Crippen molar-refractivity contribution in [3.63, 3.8) is 0 Å². The lowest BCUT2D eigenvalue weighted by Crippen LogP contribution is -2.40. The van der Waals surface area contributed by atoms with Crippen LogP contribution in [0.2, 0.25) is 0 Å². The number of furan rings is 1. The van der Waals surface area contributed by atoms with E-state index in [0.717, 1.165) is 24.3 Å². The van der Waals surface area contributed by atoms with Gasteiger partial charge in [-0.3, -0.25) is 9.59 Å². The minimum absolute atomic E-state index is 0.0940. The third-order valence-corrected chi connectivity index (χ3v) is 5.34. The molecule has 0 aliphatic rings. The Morgan fingerprint density at radius 1 is 1.17 bits per heavy atom. The molecule has 7 nitrogen and oxygen atoms in total. The number of hydrogen-bond donors (Lipinski definition) is 2. The Hall–Kier alpha value is -2.68. The van der Waals surface area contributed by atoms with Crippen molar-refractivity contribution in [1.82, 2.24) is 10.6 Å². The number of hydrogen-bond acceptors (Lipinski definition) is 5. The lowest BCUT2D eigenvalue weighted by Gasteiger charge is -2.16. The smallest absolute Gasteiger partial charge is 0.309 e. The van der Waals surface area contributed by atoms with E-state index in [4.69, 9.17) is 4.42 Å². The maximum absolute atomic E-state index is 13.0. The number of amides is 2. The number of benzene rings is 1. The summed E-state index contributed by atoms with van der Waals surface area (Å²) in [4.78, 5) is 22.7. The van der Waals surface area contributed by atoms with Crippen LogP contribution in [0.4, 0.5) is 4.39 Å². The zero-order valence-corrected chi connectivity index (χ0v) is 13.5. The van der Waals surface area contributed by atoms with E-state index in [9.17, 15) is 22.4 Å². The van der Waals surface area contributed by atoms with Gasteiger partial charge in [0.05, 0.1) is 11.2 Å². The molecular weight excluding hydrogens is 339 g/mol. The predicted octanol–water partition coefficient (Wildman–Crippen LogP) is 0.796. The fourth-order valence-electron chi connectivity index (χ4n) is 2.01. The van der Waals surface area contributed by atoms with Crippen LogP contribution >= 0.6 is 0 Å². The van der Waals surface area contributed by atoms with Gasteiger partial charge in [0, 0.05) is 13.6 Å². The number of carbonyl (C=O) groups excluding carboxylic acids is 2. The first-order valence-corrected chi connectivity index (χ1v) is 8.43. The molecule has 1 heterocycles. The van der Waals surface area contributed by atoms with Crippen LogP contribution in [0, 0.1) is 5.82 Å². The molecule has 0 bridgehead atoms. The highest BCUT2D eigenvalue weighted by Crippen LogP contribution is 2.29. The Kier molecular flexibility index (Phi) is 5.35. The average molecular weight is 354 g/mol. The minimum Gasteiger partial charge on any atom is -0.468 e. The molecule has 0 saturated carbocycles. The number of halogens is 1. The van der Waals surface area contributed by atoms with Gasteiger partial charge >= 0.3 is 11.8 Å². The lowest BCUT2D eigenvalue weighted by atomic mass is 10.3. The Labute approximate surface area is 137 Å². The van der Waals surface area contributed by atoms with Crippen molar-refractivity contribution in [3.05, 3.63) is 54.2 Å². The molecular formula is C15H15FN2O5S. The van der Waals surface area contributed by atoms with Crippen molar-refractivity contribution < 1.29 is 26.8 Å². The van der Waals surface area contributed by atoms with Crippen molar-refractivity contribution in [1.29, 1.82) is 0 Å². The summed E-state index contributed by atoms with van der Waals surface area (Å²) in [5.41, 5.74) is 0. The molecule has 1 atom stereocenters. The van der Waals surface area contributed by atoms with Gasteiger partial charge in [0.1, 0.15) is 16.8 Å². The third-order valence-electron chi connectivity index (χ3n) is 3.26. The molecule has 9 heteroatoms. The van der Waals surface area contributed by atoms with E-state index in [1.165, 1.54) is 25.4 Å². The number of rotatable bonds is 5. The van der Waals surface area contributed by atoms with Crippen molar-refractivity contribution >= 4 is 21.7 Å². The van der Waals surface area contributed by atoms with Crippen LogP contribution in [-0.2, 0) is 19.4 Å². The van der Waals surface area contributed by atoms with Gasteiger partial charge in [0.2, 0.25) is 0 Å². The maximum atomic E-state index is 13.0. The molecule has 0 saturated heterocycles. The van der Waals surface area contributed by atoms with E-state index in [1.54, 1.807) is 0 Å². The Morgan fingerprint density at radius 2 is 1.83 bits per heavy atom. The van der Waals surface area contributed by atoms with E-state index >= 15 is 0 Å². The zero-order chi connectivity index (χ0) is 17.7. The zero-order valence-electron chi connectivity index (χ0n) is 12.7. The van der Waals surface area contributed by atoms with Gasteiger partial charge in [0.15, 0.2) is 9.84 Å². The number of sulfone groups is 1. The summed E-state index contributed by atoms with van der Waals surface area (Å²) in [6.45, 7) is -0.376. The second-order valence-electron chi connectivity index (χ2n) is 4.79. The first kappa shape index (κ1) is 17.7. The summed E-state index contributed by atoms with van der Waals surface area (Å²) in [6.07, 6.45) is 1.29. The van der Waals surface area contributed by atoms with Crippen LogP contribution < -0.4 is 10.6 Å². The van der Waals surface area contributed by atoms with Crippen molar-refractivity contribution in [2.75, 3.05) is 13.6 Å². The summed E-state index contributed by atoms with van der Waals surface area (Å²) in [6, 6.07) is 7.24. The Bertz CT molecular complexity index is 816. The molecule has 0 aliphatic carbocycles. The molecule has 24 heavy (non-hydrogen) atoms. The molecule has 0 radical (unpaired) electrons. The molecule has 2 rings (SSSR count). The van der Waals surface area contributed by atoms with E-state index in [1.807, 2.05) is 0 Å². The number of carbonyl (C=O) groups is 2. The molecule has 2 amide bonds. The predicted molar refractivity (Wildman–Crippen MR) is 82.1 cm³/mol. The summed E-state index contributed by atoms with van der Waals surface area (Å²) in [5.74, 6) is -2.34. The van der Waals surface area contributed by atoms with E-state index in [2.05, 4.69) is 10.6 Å². The Morgan fingerprint density at radius 3 is 2.38 bits per heavy atom. The van der Waals surface area contributed by atoms with Gasteiger partial charge in [0.25, 0.3) is 0 Å². The molecule has 2 N–H and O–H groups in total. The van der Waals surface area contributed by atoms with Crippen LogP contribution in [0.1, 0.15) is 11.0 Å². The van der Waals surface area contributed by atoms with Gasteiger partial charge in [-0.2, -0.15) is 0 Å². The van der Waals surface area contributed by atoms with E-state index < -0.39 is 32.7 Å². The maximum Gasteiger partial charge on any atom is 0.309 e. The van der Waals surface area contributed by atoms with E-state index in [0.29, 0.717) is 0 Å². The highest BCUT2D eigenvalue weighted by Gasteiger charge is 2.32. The summed E-state index contributed by atoms with van der Waals surface area (Å²) in [7, 11) is -2.70. The van der Waals surface area contributed by atoms with Crippen molar-refractivity contribution in [2.45, 2.75) is 10.1 Å². The van der Waals surface area contributed by atoms with Gasteiger partial charge < -0.3 is 15.1 Å². The summed E-state index contributed by atoms with van der Waals surface area (Å²) >= 11 is 0. The summed E-state index contributed by atoms with van der Waals surface area (Å²) < 4.78 is 43.7. The Balaban J connectivity index is 2.31. The average Bonchev–Trinajstić information content (AvgIpc) is 3.08. The van der Waals surface area contributed by atoms with Crippen LogP contribution in [-0.4, -0.2) is 33.8 Å². The first-order chi connectivity index (χ1) is 11.4. The molecule has 1 aromatic heterocycles. The highest BCUT2D eigenvalue weighted by atomic mass is 32.2. The van der Waals surface area contributed by atoms with Gasteiger partial charge in [-0.15, -0.1) is 0 Å².